The molecule has 0 unspecified atom stereocenters. The van der Waals surface area contributed by atoms with Gasteiger partial charge in [-0.15, -0.1) is 0 Å². The third kappa shape index (κ3) is 2.12. The predicted molar refractivity (Wildman–Crippen MR) is 65.7 cm³/mol. The van der Waals surface area contributed by atoms with Crippen molar-refractivity contribution in [3.8, 4) is 17.5 Å². The zero-order valence-electron chi connectivity index (χ0n) is 9.65. The van der Waals surface area contributed by atoms with Crippen molar-refractivity contribution in [1.29, 1.82) is 0 Å². The van der Waals surface area contributed by atoms with Crippen LogP contribution >= 0.6 is 0 Å². The van der Waals surface area contributed by atoms with Crippen LogP contribution in [0.1, 0.15) is 11.1 Å². The van der Waals surface area contributed by atoms with Crippen LogP contribution in [0.2, 0.25) is 0 Å². The first-order valence-electron chi connectivity index (χ1n) is 5.24. The third-order valence-corrected chi connectivity index (χ3v) is 2.45. The summed E-state index contributed by atoms with van der Waals surface area (Å²) in [6.45, 7) is 1.61. The van der Waals surface area contributed by atoms with Crippen LogP contribution in [-0.4, -0.2) is 26.5 Å². The number of nitrogens with zero attached hydrogens (tertiary/aromatic N) is 1. The molecule has 0 spiro atoms. The molecule has 3 N–H and O–H groups in total. The highest BCUT2D eigenvalue weighted by atomic mass is 16.2. The Hall–Kier alpha value is -2.52. The zero-order chi connectivity index (χ0) is 13.1. The van der Waals surface area contributed by atoms with Gasteiger partial charge in [-0.2, -0.15) is 0 Å². The van der Waals surface area contributed by atoms with Gasteiger partial charge in [0.15, 0.2) is 0 Å². The molecule has 0 aliphatic heterocycles. The fourth-order valence-corrected chi connectivity index (χ4v) is 1.61. The van der Waals surface area contributed by atoms with Gasteiger partial charge in [-0.3, -0.25) is 0 Å². The molecular weight excluding hydrogens is 234 g/mol. The average molecular weight is 245 g/mol. The van der Waals surface area contributed by atoms with Crippen LogP contribution in [0.4, 0.5) is 0 Å². The van der Waals surface area contributed by atoms with Crippen molar-refractivity contribution in [1.82, 2.24) is 14.8 Å². The SMILES string of the molecule is Cc1cc(-n2c(=O)[nH][nH]c2=O)ccc1C#CCO. The predicted octanol–water partition coefficient (Wildman–Crippen LogP) is -0.494. The molecular formula is C12H11N3O3. The van der Waals surface area contributed by atoms with Crippen LogP contribution in [0.3, 0.4) is 0 Å². The van der Waals surface area contributed by atoms with Crippen molar-refractivity contribution in [3.05, 3.63) is 50.3 Å². The van der Waals surface area contributed by atoms with E-state index in [1.807, 2.05) is 6.92 Å². The summed E-state index contributed by atoms with van der Waals surface area (Å²) in [4.78, 5) is 22.8. The molecule has 1 heterocycles. The molecule has 0 aliphatic carbocycles. The molecule has 18 heavy (non-hydrogen) atoms. The lowest BCUT2D eigenvalue weighted by molar-refractivity contribution is 0.350. The van der Waals surface area contributed by atoms with E-state index in [0.29, 0.717) is 5.69 Å². The molecule has 0 amide bonds. The largest absolute Gasteiger partial charge is 0.384 e. The number of aryl methyl sites for hydroxylation is 1. The number of aliphatic hydroxyl groups excluding tert-OH is 1. The summed E-state index contributed by atoms with van der Waals surface area (Å²) in [7, 11) is 0. The van der Waals surface area contributed by atoms with E-state index in [1.54, 1.807) is 18.2 Å². The first-order valence-corrected chi connectivity index (χ1v) is 5.24. The Labute approximate surface area is 102 Å². The third-order valence-electron chi connectivity index (χ3n) is 2.45. The van der Waals surface area contributed by atoms with E-state index in [2.05, 4.69) is 22.0 Å². The first kappa shape index (κ1) is 12.0. The molecule has 0 aliphatic rings. The number of aromatic nitrogens is 3. The molecule has 0 bridgehead atoms. The van der Waals surface area contributed by atoms with Crippen molar-refractivity contribution >= 4 is 0 Å². The maximum Gasteiger partial charge on any atom is 0.348 e. The number of H-pyrrole nitrogens is 2. The van der Waals surface area contributed by atoms with Crippen LogP contribution in [0, 0.1) is 18.8 Å². The van der Waals surface area contributed by atoms with E-state index in [1.165, 1.54) is 0 Å². The van der Waals surface area contributed by atoms with Gasteiger partial charge in [0.05, 0.1) is 5.69 Å². The molecule has 0 saturated heterocycles. The molecule has 92 valence electrons. The van der Waals surface area contributed by atoms with Gasteiger partial charge in [0.1, 0.15) is 6.61 Å². The molecule has 1 aromatic carbocycles. The molecule has 2 aromatic rings. The van der Waals surface area contributed by atoms with Gasteiger partial charge < -0.3 is 5.11 Å². The number of rotatable bonds is 1. The summed E-state index contributed by atoms with van der Waals surface area (Å²) in [5, 5.41) is 13.1. The van der Waals surface area contributed by atoms with Gasteiger partial charge in [0.2, 0.25) is 0 Å². The maximum atomic E-state index is 11.4. The Bertz CT molecular complexity index is 713. The van der Waals surface area contributed by atoms with Crippen LogP contribution in [0.25, 0.3) is 5.69 Å². The standard InChI is InChI=1S/C12H11N3O3/c1-8-7-10(5-4-9(8)3-2-6-16)15-11(17)13-14-12(15)18/h4-5,7,16H,6H2,1H3,(H,13,17)(H,14,18). The number of aliphatic hydroxyl groups is 1. The minimum atomic E-state index is -0.520. The number of nitrogens with one attached hydrogen (secondary N) is 2. The van der Waals surface area contributed by atoms with E-state index < -0.39 is 11.4 Å². The zero-order valence-corrected chi connectivity index (χ0v) is 9.65. The monoisotopic (exact) mass is 245 g/mol. The number of hydrogen-bond donors (Lipinski definition) is 3. The van der Waals surface area contributed by atoms with Gasteiger partial charge in [0, 0.05) is 5.56 Å². The Kier molecular flexibility index (Phi) is 3.17. The highest BCUT2D eigenvalue weighted by Gasteiger charge is 2.06. The number of hydrogen-bond acceptors (Lipinski definition) is 3. The van der Waals surface area contributed by atoms with Crippen molar-refractivity contribution < 1.29 is 5.11 Å². The Morgan fingerprint density at radius 1 is 1.28 bits per heavy atom. The topological polar surface area (TPSA) is 90.9 Å². The van der Waals surface area contributed by atoms with Crippen LogP contribution in [0.5, 0.6) is 0 Å². The minimum absolute atomic E-state index is 0.210. The fourth-order valence-electron chi connectivity index (χ4n) is 1.61. The van der Waals surface area contributed by atoms with E-state index in [0.717, 1.165) is 15.7 Å². The summed E-state index contributed by atoms with van der Waals surface area (Å²) in [5.41, 5.74) is 0.991. The smallest absolute Gasteiger partial charge is 0.348 e. The molecule has 0 radical (unpaired) electrons. The minimum Gasteiger partial charge on any atom is -0.384 e. The van der Waals surface area contributed by atoms with Crippen molar-refractivity contribution in [3.63, 3.8) is 0 Å². The van der Waals surface area contributed by atoms with Gasteiger partial charge in [-0.25, -0.2) is 24.4 Å². The molecule has 6 heteroatoms. The van der Waals surface area contributed by atoms with E-state index in [-0.39, 0.29) is 6.61 Å². The lowest BCUT2D eigenvalue weighted by Gasteiger charge is -2.03. The Balaban J connectivity index is 2.54. The van der Waals surface area contributed by atoms with Gasteiger partial charge in [-0.1, -0.05) is 11.8 Å². The van der Waals surface area contributed by atoms with E-state index in [9.17, 15) is 9.59 Å². The Morgan fingerprint density at radius 3 is 2.50 bits per heavy atom. The van der Waals surface area contributed by atoms with Crippen LogP contribution in [0.15, 0.2) is 27.8 Å². The molecule has 6 nitrogen and oxygen atoms in total. The van der Waals surface area contributed by atoms with Crippen molar-refractivity contribution in [2.24, 2.45) is 0 Å². The van der Waals surface area contributed by atoms with Gasteiger partial charge >= 0.3 is 11.4 Å². The quantitative estimate of drug-likeness (QED) is 0.592. The highest BCUT2D eigenvalue weighted by Crippen LogP contribution is 2.11. The average Bonchev–Trinajstić information content (AvgIpc) is 2.68. The van der Waals surface area contributed by atoms with Crippen molar-refractivity contribution in [2.75, 3.05) is 6.61 Å². The van der Waals surface area contributed by atoms with Crippen LogP contribution in [-0.2, 0) is 0 Å². The summed E-state index contributed by atoms with van der Waals surface area (Å²) in [6, 6.07) is 5.01. The van der Waals surface area contributed by atoms with Gasteiger partial charge in [-0.05, 0) is 30.7 Å². The second-order valence-corrected chi connectivity index (χ2v) is 3.65. The molecule has 0 atom stereocenters. The lowest BCUT2D eigenvalue weighted by atomic mass is 10.1. The van der Waals surface area contributed by atoms with Crippen LogP contribution < -0.4 is 11.4 Å². The number of benzene rings is 1. The molecule has 2 rings (SSSR count). The second-order valence-electron chi connectivity index (χ2n) is 3.65. The van der Waals surface area contributed by atoms with Crippen molar-refractivity contribution in [2.45, 2.75) is 6.92 Å². The lowest BCUT2D eigenvalue weighted by Crippen LogP contribution is -2.24. The molecule has 0 fully saturated rings. The first-order chi connectivity index (χ1) is 8.63. The number of aromatic amines is 2. The summed E-state index contributed by atoms with van der Waals surface area (Å²) < 4.78 is 0.996. The summed E-state index contributed by atoms with van der Waals surface area (Å²) >= 11 is 0. The van der Waals surface area contributed by atoms with E-state index in [4.69, 9.17) is 5.11 Å². The summed E-state index contributed by atoms with van der Waals surface area (Å²) in [6.07, 6.45) is 0. The molecule has 0 saturated carbocycles. The van der Waals surface area contributed by atoms with E-state index >= 15 is 0 Å². The molecule has 1 aromatic heterocycles. The fraction of sp³-hybridized carbons (Fsp3) is 0.167. The summed E-state index contributed by atoms with van der Waals surface area (Å²) in [5.74, 6) is 5.33. The highest BCUT2D eigenvalue weighted by molar-refractivity contribution is 5.47. The van der Waals surface area contributed by atoms with Gasteiger partial charge in [0.25, 0.3) is 0 Å². The second kappa shape index (κ2) is 4.77. The maximum absolute atomic E-state index is 11.4. The normalized spacial score (nSPS) is 9.89. The Morgan fingerprint density at radius 2 is 1.94 bits per heavy atom.